The minimum Gasteiger partial charge on any atom is -0.481 e. The third kappa shape index (κ3) is 26.5. The van der Waals surface area contributed by atoms with Crippen LogP contribution < -0.4 is 59.7 Å². The normalized spacial score (nSPS) is 13.6. The zero-order valence-corrected chi connectivity index (χ0v) is 47.4. The van der Waals surface area contributed by atoms with E-state index < -0.39 is 158 Å². The number of carboxylic acids is 3. The van der Waals surface area contributed by atoms with E-state index in [-0.39, 0.29) is 50.6 Å². The first kappa shape index (κ1) is 70.3. The van der Waals surface area contributed by atoms with Gasteiger partial charge in [-0.1, -0.05) is 91.8 Å². The van der Waals surface area contributed by atoms with Crippen LogP contribution in [0, 0.1) is 5.92 Å². The first-order valence-electron chi connectivity index (χ1n) is 27.3. The summed E-state index contributed by atoms with van der Waals surface area (Å²) in [5.74, 6) is -14.7. The topological polar surface area (TPSA) is 506 Å². The van der Waals surface area contributed by atoms with Gasteiger partial charge in [-0.3, -0.25) is 62.3 Å². The van der Waals surface area contributed by atoms with Gasteiger partial charge in [-0.25, -0.2) is 0 Å². The molecule has 30 nitrogen and oxygen atoms in total. The molecule has 0 aliphatic carbocycles. The Morgan fingerprint density at radius 1 is 0.512 bits per heavy atom. The third-order valence-electron chi connectivity index (χ3n) is 12.9. The minimum atomic E-state index is -2.00. The molecule has 8 atom stereocenters. The van der Waals surface area contributed by atoms with Gasteiger partial charge in [0, 0.05) is 42.7 Å². The molecule has 0 radical (unpaired) electrons. The lowest BCUT2D eigenvalue weighted by atomic mass is 9.99. The lowest BCUT2D eigenvalue weighted by molar-refractivity contribution is -0.142. The maximum Gasteiger partial charge on any atom is 0.305 e. The highest BCUT2D eigenvalue weighted by atomic mass is 16.4. The van der Waals surface area contributed by atoms with Crippen LogP contribution in [0.3, 0.4) is 0 Å². The van der Waals surface area contributed by atoms with Gasteiger partial charge in [0.05, 0.1) is 25.4 Å². The second-order valence-corrected chi connectivity index (χ2v) is 20.4. The van der Waals surface area contributed by atoms with Crippen molar-refractivity contribution in [3.63, 3.8) is 0 Å². The van der Waals surface area contributed by atoms with Gasteiger partial charge < -0.3 is 75.1 Å². The van der Waals surface area contributed by atoms with Crippen LogP contribution in [0.1, 0.15) is 105 Å². The van der Waals surface area contributed by atoms with E-state index in [1.807, 2.05) is 0 Å². The summed E-state index contributed by atoms with van der Waals surface area (Å²) in [5.41, 5.74) is 27.4. The monoisotopic (exact) mass is 1200 g/mol. The van der Waals surface area contributed by atoms with E-state index in [0.29, 0.717) is 35.1 Å². The number of carbonyl (C=O) groups excluding carboxylic acids is 10. The van der Waals surface area contributed by atoms with Gasteiger partial charge in [0.25, 0.3) is 5.91 Å². The Morgan fingerprint density at radius 2 is 0.965 bits per heavy atom. The smallest absolute Gasteiger partial charge is 0.305 e. The molecule has 0 spiro atoms. The van der Waals surface area contributed by atoms with E-state index in [9.17, 15) is 72.5 Å². The van der Waals surface area contributed by atoms with Gasteiger partial charge in [-0.05, 0) is 78.8 Å². The lowest BCUT2D eigenvalue weighted by Crippen LogP contribution is -2.61. The van der Waals surface area contributed by atoms with Crippen LogP contribution in [0.25, 0.3) is 10.4 Å². The number of amides is 10. The zero-order chi connectivity index (χ0) is 63.9. The Bertz CT molecular complexity index is 2930. The molecule has 0 fully saturated rings. The van der Waals surface area contributed by atoms with Crippen molar-refractivity contribution < 1.29 is 77.6 Å². The van der Waals surface area contributed by atoms with Crippen LogP contribution in [-0.4, -0.2) is 147 Å². The number of nitrogens with zero attached hydrogens (tertiary/aromatic N) is 3. The predicted octanol–water partition coefficient (Wildman–Crippen LogP) is -0.786. The lowest BCUT2D eigenvalue weighted by Gasteiger charge is -2.28. The molecule has 30 heteroatoms. The number of aliphatic carboxylic acids is 3. The van der Waals surface area contributed by atoms with Gasteiger partial charge in [0.2, 0.25) is 53.2 Å². The van der Waals surface area contributed by atoms with E-state index in [4.69, 9.17) is 27.8 Å². The highest BCUT2D eigenvalue weighted by Gasteiger charge is 2.36. The van der Waals surface area contributed by atoms with E-state index >= 15 is 0 Å². The molecule has 0 heterocycles. The highest BCUT2D eigenvalue weighted by molar-refractivity contribution is 6.00. The third-order valence-corrected chi connectivity index (χ3v) is 12.9. The average Bonchev–Trinajstić information content (AvgIpc) is 2.89. The quantitative estimate of drug-likeness (QED) is 0.0144. The van der Waals surface area contributed by atoms with E-state index in [2.05, 4.69) is 52.6 Å². The van der Waals surface area contributed by atoms with Crippen molar-refractivity contribution in [2.75, 3.05) is 6.54 Å². The largest absolute Gasteiger partial charge is 0.481 e. The van der Waals surface area contributed by atoms with Crippen LogP contribution in [0.15, 0.2) is 90.0 Å². The van der Waals surface area contributed by atoms with Crippen molar-refractivity contribution in [2.24, 2.45) is 28.2 Å². The summed E-state index contributed by atoms with van der Waals surface area (Å²) in [6, 6.07) is 10.1. The summed E-state index contributed by atoms with van der Waals surface area (Å²) in [6.45, 7) is 3.80. The van der Waals surface area contributed by atoms with Crippen LogP contribution in [0.4, 0.5) is 0 Å². The molecule has 0 aliphatic rings. The van der Waals surface area contributed by atoms with Crippen LogP contribution in [0.2, 0.25) is 0 Å². The standard InChI is InChI=1S/C56H74N14O16/c1-31(2)24-39(52(82)63-37(48(59)78)18-9-10-23-61-49(79)35-17-11-16-34(25-35)30-62-70-60)66-53(83)41(27-33-14-7-4-8-15-33)68-54(84)40(26-32-12-5-3-6-13-32)67-51(81)38(20-22-46(74)75)64-55(85)42(28-44(58)71)69-56(86)43(29-47(76)77)65-50(80)36(57)19-21-45(72)73/h3-8,11-17,25,31,36-43H,9-10,18-24,26-30,57H2,1-2H3,(H2,58,71)(H2,59,78)(H,61,79)(H,63,82)(H,64,85)(H,65,80)(H,66,83)(H,67,81)(H,68,84)(H,69,86)(H,72,73)(H,74,75)(H,76,77)/t36-,37-,38-,39-,40-,41-,42-,43-/m0/s1. The fraction of sp³-hybridized carbons (Fsp3) is 0.446. The molecule has 0 aromatic heterocycles. The molecule has 17 N–H and O–H groups in total. The van der Waals surface area contributed by atoms with Gasteiger partial charge >= 0.3 is 17.9 Å². The fourth-order valence-electron chi connectivity index (χ4n) is 8.46. The molecule has 464 valence electrons. The summed E-state index contributed by atoms with van der Waals surface area (Å²) in [7, 11) is 0. The summed E-state index contributed by atoms with van der Waals surface area (Å²) < 4.78 is 0. The average molecular weight is 1200 g/mol. The predicted molar refractivity (Wildman–Crippen MR) is 306 cm³/mol. The van der Waals surface area contributed by atoms with Gasteiger partial charge in [-0.15, -0.1) is 0 Å². The molecule has 0 aliphatic heterocycles. The van der Waals surface area contributed by atoms with Crippen molar-refractivity contribution in [1.29, 1.82) is 0 Å². The Labute approximate surface area is 493 Å². The molecule has 0 unspecified atom stereocenters. The molecule has 0 bridgehead atoms. The van der Waals surface area contributed by atoms with Crippen molar-refractivity contribution in [3.8, 4) is 0 Å². The number of carboxylic acid groups (broad SMARTS) is 3. The number of rotatable bonds is 39. The van der Waals surface area contributed by atoms with Crippen molar-refractivity contribution in [2.45, 2.75) is 146 Å². The Balaban J connectivity index is 1.89. The first-order valence-corrected chi connectivity index (χ1v) is 27.3. The van der Waals surface area contributed by atoms with E-state index in [1.165, 1.54) is 0 Å². The van der Waals surface area contributed by atoms with Gasteiger partial charge in [-0.2, -0.15) is 0 Å². The van der Waals surface area contributed by atoms with Crippen LogP contribution in [-0.2, 0) is 76.9 Å². The maximum absolute atomic E-state index is 14.6. The Morgan fingerprint density at radius 3 is 1.48 bits per heavy atom. The fourth-order valence-corrected chi connectivity index (χ4v) is 8.46. The molecule has 0 saturated carbocycles. The van der Waals surface area contributed by atoms with E-state index in [1.54, 1.807) is 98.8 Å². The molecule has 3 aromatic carbocycles. The summed E-state index contributed by atoms with van der Waals surface area (Å²) in [5, 5.41) is 51.3. The second-order valence-electron chi connectivity index (χ2n) is 20.4. The number of nitrogens with two attached hydrogens (primary N) is 3. The van der Waals surface area contributed by atoms with Crippen molar-refractivity contribution in [1.82, 2.24) is 42.5 Å². The molecule has 86 heavy (non-hydrogen) atoms. The van der Waals surface area contributed by atoms with E-state index in [0.717, 1.165) is 0 Å². The first-order chi connectivity index (χ1) is 40.8. The number of carbonyl (C=O) groups is 13. The van der Waals surface area contributed by atoms with Gasteiger partial charge in [0.15, 0.2) is 0 Å². The number of azide groups is 1. The summed E-state index contributed by atoms with van der Waals surface area (Å²) >= 11 is 0. The molecule has 3 rings (SSSR count). The Kier molecular flexibility index (Phi) is 29.9. The number of nitrogens with one attached hydrogen (secondary N) is 8. The number of primary amides is 2. The molecular formula is C56H74N14O16. The number of hydrogen-bond acceptors (Lipinski definition) is 15. The zero-order valence-electron chi connectivity index (χ0n) is 47.4. The van der Waals surface area contributed by atoms with Crippen molar-refractivity contribution in [3.05, 3.63) is 118 Å². The molecule has 10 amide bonds. The SMILES string of the molecule is CC(C)C[C@H](NC(=O)[C@H](Cc1ccccc1)NC(=O)[C@H](Cc1ccccc1)NC(=O)[C@H](CCC(=O)O)NC(=O)[C@H](CC(N)=O)NC(=O)[C@H](CC(=O)O)NC(=O)[C@@H](N)CCC(=O)O)C(=O)N[C@@H](CCCCNC(=O)c1cccc(CN=[N+]=[N-])c1)C(N)=O. The van der Waals surface area contributed by atoms with Gasteiger partial charge in [0.1, 0.15) is 42.3 Å². The second kappa shape index (κ2) is 36.6. The maximum atomic E-state index is 14.6. The molecule has 0 saturated heterocycles. The summed E-state index contributed by atoms with van der Waals surface area (Å²) in [4.78, 5) is 173. The number of unbranched alkanes of at least 4 members (excludes halogenated alkanes) is 1. The van der Waals surface area contributed by atoms with Crippen LogP contribution >= 0.6 is 0 Å². The Hall–Kier alpha value is -9.96. The molecule has 3 aromatic rings. The number of hydrogen-bond donors (Lipinski definition) is 14. The highest BCUT2D eigenvalue weighted by Crippen LogP contribution is 2.13. The van der Waals surface area contributed by atoms with Crippen LogP contribution in [0.5, 0.6) is 0 Å². The number of benzene rings is 3. The van der Waals surface area contributed by atoms with Crippen molar-refractivity contribution >= 4 is 77.0 Å². The minimum absolute atomic E-state index is 0.0373. The summed E-state index contributed by atoms with van der Waals surface area (Å²) in [6.07, 6.45) is -4.19. The molecular weight excluding hydrogens is 1120 g/mol.